The van der Waals surface area contributed by atoms with E-state index in [0.717, 1.165) is 30.5 Å². The topological polar surface area (TPSA) is 78.5 Å². The van der Waals surface area contributed by atoms with Gasteiger partial charge in [0.1, 0.15) is 18.1 Å². The molecular formula is C28H34N4O3. The molecule has 0 spiro atoms. The van der Waals surface area contributed by atoms with E-state index in [2.05, 4.69) is 22.3 Å². The molecule has 0 saturated carbocycles. The van der Waals surface area contributed by atoms with Gasteiger partial charge in [-0.2, -0.15) is 5.10 Å². The van der Waals surface area contributed by atoms with Crippen LogP contribution in [0.25, 0.3) is 0 Å². The first kappa shape index (κ1) is 24.5. The van der Waals surface area contributed by atoms with Crippen LogP contribution in [0.15, 0.2) is 60.7 Å². The van der Waals surface area contributed by atoms with Gasteiger partial charge in [-0.15, -0.1) is 0 Å². The Morgan fingerprint density at radius 3 is 2.54 bits per heavy atom. The number of carbonyl (C=O) groups is 2. The summed E-state index contributed by atoms with van der Waals surface area (Å²) in [7, 11) is 0. The average Bonchev–Trinajstić information content (AvgIpc) is 3.32. The Hall–Kier alpha value is -3.61. The molecule has 0 radical (unpaired) electrons. The highest BCUT2D eigenvalue weighted by Gasteiger charge is 2.28. The number of carbonyl (C=O) groups excluding carboxylic acids is 2. The number of aryl methyl sites for hydroxylation is 1. The molecule has 0 saturated heterocycles. The molecule has 7 heteroatoms. The minimum atomic E-state index is -0.215. The molecule has 184 valence electrons. The fraction of sp³-hybridized carbons (Fsp3) is 0.393. The van der Waals surface area contributed by atoms with Gasteiger partial charge in [0.15, 0.2) is 0 Å². The van der Waals surface area contributed by atoms with Gasteiger partial charge < -0.3 is 14.5 Å². The highest BCUT2D eigenvalue weighted by atomic mass is 16.5. The van der Waals surface area contributed by atoms with Crippen molar-refractivity contribution in [3.63, 3.8) is 0 Å². The highest BCUT2D eigenvalue weighted by Crippen LogP contribution is 2.23. The fourth-order valence-electron chi connectivity index (χ4n) is 4.56. The molecule has 0 aliphatic carbocycles. The van der Waals surface area contributed by atoms with Gasteiger partial charge >= 0.3 is 0 Å². The fourth-order valence-corrected chi connectivity index (χ4v) is 4.56. The standard InChI is InChI=1S/C28H34N4O3/c1-3-31-16-10-5-11-17-32(28(34)25-18-21(2)29-30-25)23(19-22-12-6-4-7-13-22)20-35-26-15-9-8-14-24(26)27(31)33/h4,6-9,12-15,18,23H,3,5,10-11,16-17,19-20H2,1-2H3,(H,29,30)/t23-/m0/s1. The number of hydrogen-bond acceptors (Lipinski definition) is 4. The quantitative estimate of drug-likeness (QED) is 0.604. The summed E-state index contributed by atoms with van der Waals surface area (Å²) in [5.74, 6) is 0.437. The van der Waals surface area contributed by atoms with E-state index in [-0.39, 0.29) is 24.5 Å². The Morgan fingerprint density at radius 2 is 1.80 bits per heavy atom. The molecule has 7 nitrogen and oxygen atoms in total. The zero-order chi connectivity index (χ0) is 24.6. The van der Waals surface area contributed by atoms with Crippen LogP contribution in [0.3, 0.4) is 0 Å². The maximum absolute atomic E-state index is 13.6. The van der Waals surface area contributed by atoms with Crippen molar-refractivity contribution in [2.75, 3.05) is 26.2 Å². The molecule has 2 aromatic carbocycles. The minimum Gasteiger partial charge on any atom is -0.491 e. The second-order valence-electron chi connectivity index (χ2n) is 9.03. The van der Waals surface area contributed by atoms with Gasteiger partial charge in [0.05, 0.1) is 11.6 Å². The van der Waals surface area contributed by atoms with E-state index in [4.69, 9.17) is 4.74 Å². The molecular weight excluding hydrogens is 440 g/mol. The molecule has 2 amide bonds. The van der Waals surface area contributed by atoms with E-state index in [1.54, 1.807) is 6.07 Å². The summed E-state index contributed by atoms with van der Waals surface area (Å²) >= 11 is 0. The monoisotopic (exact) mass is 474 g/mol. The molecule has 1 aromatic heterocycles. The predicted octanol–water partition coefficient (Wildman–Crippen LogP) is 4.50. The van der Waals surface area contributed by atoms with Crippen molar-refractivity contribution < 1.29 is 14.3 Å². The second-order valence-corrected chi connectivity index (χ2v) is 9.03. The van der Waals surface area contributed by atoms with Gasteiger partial charge in [0, 0.05) is 25.3 Å². The Balaban J connectivity index is 1.68. The lowest BCUT2D eigenvalue weighted by molar-refractivity contribution is 0.0599. The third-order valence-electron chi connectivity index (χ3n) is 6.49. The molecule has 0 fully saturated rings. The van der Waals surface area contributed by atoms with E-state index >= 15 is 0 Å². The molecule has 0 bridgehead atoms. The zero-order valence-corrected chi connectivity index (χ0v) is 20.6. The first-order valence-electron chi connectivity index (χ1n) is 12.4. The van der Waals surface area contributed by atoms with Crippen molar-refractivity contribution in [3.05, 3.63) is 83.2 Å². The summed E-state index contributed by atoms with van der Waals surface area (Å²) in [6.45, 7) is 6.10. The largest absolute Gasteiger partial charge is 0.491 e. The number of benzene rings is 2. The molecule has 1 aliphatic rings. The van der Waals surface area contributed by atoms with Crippen molar-refractivity contribution in [2.45, 2.75) is 45.6 Å². The van der Waals surface area contributed by atoms with Gasteiger partial charge in [-0.25, -0.2) is 0 Å². The number of aromatic nitrogens is 2. The lowest BCUT2D eigenvalue weighted by Gasteiger charge is -2.32. The van der Waals surface area contributed by atoms with E-state index in [9.17, 15) is 9.59 Å². The minimum absolute atomic E-state index is 0.0121. The van der Waals surface area contributed by atoms with Crippen LogP contribution in [-0.4, -0.2) is 64.1 Å². The summed E-state index contributed by atoms with van der Waals surface area (Å²) in [6.07, 6.45) is 3.30. The number of aromatic amines is 1. The number of H-pyrrole nitrogens is 1. The lowest BCUT2D eigenvalue weighted by Crippen LogP contribution is -2.45. The zero-order valence-electron chi connectivity index (χ0n) is 20.6. The molecule has 35 heavy (non-hydrogen) atoms. The van der Waals surface area contributed by atoms with Gasteiger partial charge in [-0.05, 0) is 63.3 Å². The summed E-state index contributed by atoms with van der Waals surface area (Å²) in [4.78, 5) is 30.7. The Labute approximate surface area is 207 Å². The first-order chi connectivity index (χ1) is 17.1. The van der Waals surface area contributed by atoms with Crippen molar-refractivity contribution in [3.8, 4) is 5.75 Å². The van der Waals surface area contributed by atoms with Crippen molar-refractivity contribution in [2.24, 2.45) is 0 Å². The third kappa shape index (κ3) is 6.10. The van der Waals surface area contributed by atoms with Gasteiger partial charge in [0.2, 0.25) is 0 Å². The van der Waals surface area contributed by atoms with Crippen LogP contribution in [0.2, 0.25) is 0 Å². The van der Waals surface area contributed by atoms with E-state index in [1.807, 2.05) is 66.1 Å². The van der Waals surface area contributed by atoms with Crippen molar-refractivity contribution >= 4 is 11.8 Å². The average molecular weight is 475 g/mol. The van der Waals surface area contributed by atoms with Gasteiger partial charge in [0.25, 0.3) is 11.8 Å². The molecule has 1 N–H and O–H groups in total. The van der Waals surface area contributed by atoms with Crippen molar-refractivity contribution in [1.29, 1.82) is 0 Å². The van der Waals surface area contributed by atoms with Gasteiger partial charge in [-0.3, -0.25) is 14.7 Å². The number of nitrogens with one attached hydrogen (secondary N) is 1. The SMILES string of the molecule is CCN1CCCCCN(C(=O)c2cc(C)[nH]n2)[C@@H](Cc2ccccc2)COc2ccccc2C1=O. The van der Waals surface area contributed by atoms with Crippen LogP contribution in [0.1, 0.15) is 58.3 Å². The maximum atomic E-state index is 13.6. The Bertz CT molecular complexity index is 1130. The number of rotatable bonds is 4. The molecule has 0 unspecified atom stereocenters. The van der Waals surface area contributed by atoms with Crippen molar-refractivity contribution in [1.82, 2.24) is 20.0 Å². The summed E-state index contributed by atoms with van der Waals surface area (Å²) in [5.41, 5.74) is 2.95. The molecule has 4 rings (SSSR count). The molecule has 3 aromatic rings. The number of para-hydroxylation sites is 1. The molecule has 1 atom stereocenters. The number of amides is 2. The van der Waals surface area contributed by atoms with Gasteiger partial charge in [-0.1, -0.05) is 42.5 Å². The van der Waals surface area contributed by atoms with Crippen LogP contribution < -0.4 is 4.74 Å². The number of ether oxygens (including phenoxy) is 1. The Kier molecular flexibility index (Phi) is 8.19. The van der Waals surface area contributed by atoms with E-state index in [1.165, 1.54) is 0 Å². The highest BCUT2D eigenvalue weighted by molar-refractivity contribution is 5.97. The molecule has 2 heterocycles. The third-order valence-corrected chi connectivity index (χ3v) is 6.49. The summed E-state index contributed by atoms with van der Waals surface area (Å²) in [6, 6.07) is 19.1. The normalized spacial score (nSPS) is 17.5. The second kappa shape index (κ2) is 11.7. The Morgan fingerprint density at radius 1 is 1.06 bits per heavy atom. The lowest BCUT2D eigenvalue weighted by atomic mass is 10.0. The van der Waals surface area contributed by atoms with E-state index in [0.29, 0.717) is 43.1 Å². The maximum Gasteiger partial charge on any atom is 0.274 e. The first-order valence-corrected chi connectivity index (χ1v) is 12.4. The van der Waals surface area contributed by atoms with Crippen LogP contribution in [0.4, 0.5) is 0 Å². The van der Waals surface area contributed by atoms with Crippen LogP contribution in [0.5, 0.6) is 5.75 Å². The summed E-state index contributed by atoms with van der Waals surface area (Å²) in [5, 5.41) is 7.12. The predicted molar refractivity (Wildman–Crippen MR) is 136 cm³/mol. The van der Waals surface area contributed by atoms with Crippen LogP contribution >= 0.6 is 0 Å². The number of nitrogens with zero attached hydrogens (tertiary/aromatic N) is 3. The number of hydrogen-bond donors (Lipinski definition) is 1. The van der Waals surface area contributed by atoms with Crippen LogP contribution in [-0.2, 0) is 6.42 Å². The van der Waals surface area contributed by atoms with E-state index < -0.39 is 0 Å². The smallest absolute Gasteiger partial charge is 0.274 e. The van der Waals surface area contributed by atoms with Crippen LogP contribution in [0, 0.1) is 6.92 Å². The summed E-state index contributed by atoms with van der Waals surface area (Å²) < 4.78 is 6.30. The molecule has 1 aliphatic heterocycles. The number of fused-ring (bicyclic) bond motifs is 1.